The molecule has 1 heterocycles. The lowest BCUT2D eigenvalue weighted by molar-refractivity contribution is 0.639. The molecule has 13 heavy (non-hydrogen) atoms. The molecule has 0 unspecified atom stereocenters. The van der Waals surface area contributed by atoms with E-state index in [-0.39, 0.29) is 5.82 Å². The number of fused-ring (bicyclic) bond motifs is 1. The minimum absolute atomic E-state index is 0.281. The molecule has 1 aromatic carbocycles. The minimum Gasteiger partial charge on any atom is -0.398 e. The van der Waals surface area contributed by atoms with E-state index in [2.05, 4.69) is 4.98 Å². The van der Waals surface area contributed by atoms with Gasteiger partial charge in [0.25, 0.3) is 0 Å². The molecule has 0 amide bonds. The van der Waals surface area contributed by atoms with Gasteiger partial charge in [-0.05, 0) is 25.1 Å². The summed E-state index contributed by atoms with van der Waals surface area (Å²) < 4.78 is 13.2. The van der Waals surface area contributed by atoms with Gasteiger partial charge in [0.2, 0.25) is 0 Å². The zero-order valence-electron chi connectivity index (χ0n) is 7.21. The molecule has 0 spiro atoms. The van der Waals surface area contributed by atoms with E-state index in [1.807, 2.05) is 6.92 Å². The van der Waals surface area contributed by atoms with Crippen molar-refractivity contribution in [1.82, 2.24) is 4.98 Å². The monoisotopic (exact) mass is 176 g/mol. The average Bonchev–Trinajstić information content (AvgIpc) is 2.12. The highest BCUT2D eigenvalue weighted by atomic mass is 19.1. The molecule has 2 rings (SSSR count). The van der Waals surface area contributed by atoms with Gasteiger partial charge in [-0.3, -0.25) is 4.98 Å². The van der Waals surface area contributed by atoms with Crippen molar-refractivity contribution < 1.29 is 4.39 Å². The van der Waals surface area contributed by atoms with Gasteiger partial charge in [0, 0.05) is 28.4 Å². The van der Waals surface area contributed by atoms with Gasteiger partial charge < -0.3 is 5.73 Å². The van der Waals surface area contributed by atoms with Crippen molar-refractivity contribution >= 4 is 16.5 Å². The van der Waals surface area contributed by atoms with Crippen molar-refractivity contribution in [2.24, 2.45) is 0 Å². The largest absolute Gasteiger partial charge is 0.398 e. The molecule has 2 nitrogen and oxygen atoms in total. The zero-order chi connectivity index (χ0) is 9.42. The number of hydrogen-bond donors (Lipinski definition) is 1. The summed E-state index contributed by atoms with van der Waals surface area (Å²) in [5.41, 5.74) is 7.12. The molecular weight excluding hydrogens is 167 g/mol. The molecule has 0 atom stereocenters. The average molecular weight is 176 g/mol. The first kappa shape index (κ1) is 7.98. The first-order valence-corrected chi connectivity index (χ1v) is 3.99. The molecule has 0 fully saturated rings. The number of halogens is 1. The topological polar surface area (TPSA) is 38.9 Å². The third kappa shape index (κ3) is 1.22. The van der Waals surface area contributed by atoms with Crippen LogP contribution >= 0.6 is 0 Å². The Hall–Kier alpha value is -1.64. The Morgan fingerprint density at radius 2 is 2.08 bits per heavy atom. The molecule has 0 bridgehead atoms. The van der Waals surface area contributed by atoms with Crippen LogP contribution in [0.25, 0.3) is 10.8 Å². The first-order valence-electron chi connectivity index (χ1n) is 3.99. The van der Waals surface area contributed by atoms with Crippen molar-refractivity contribution in [3.05, 3.63) is 35.9 Å². The van der Waals surface area contributed by atoms with Crippen LogP contribution in [-0.4, -0.2) is 4.98 Å². The number of aryl methyl sites for hydroxylation is 1. The third-order valence-corrected chi connectivity index (χ3v) is 2.02. The zero-order valence-corrected chi connectivity index (χ0v) is 7.21. The second-order valence-electron chi connectivity index (χ2n) is 3.01. The van der Waals surface area contributed by atoms with Crippen LogP contribution < -0.4 is 5.73 Å². The second kappa shape index (κ2) is 2.69. The molecule has 0 saturated carbocycles. The van der Waals surface area contributed by atoms with Gasteiger partial charge in [0.15, 0.2) is 0 Å². The summed E-state index contributed by atoms with van der Waals surface area (Å²) in [6.45, 7) is 1.85. The lowest BCUT2D eigenvalue weighted by Gasteiger charge is -2.03. The quantitative estimate of drug-likeness (QED) is 0.625. The number of pyridine rings is 1. The van der Waals surface area contributed by atoms with E-state index >= 15 is 0 Å². The fourth-order valence-electron chi connectivity index (χ4n) is 1.33. The molecule has 0 aliphatic carbocycles. The number of anilines is 1. The van der Waals surface area contributed by atoms with Crippen LogP contribution in [0.2, 0.25) is 0 Å². The molecule has 1 aromatic heterocycles. The summed E-state index contributed by atoms with van der Waals surface area (Å²) >= 11 is 0. The van der Waals surface area contributed by atoms with E-state index in [9.17, 15) is 4.39 Å². The lowest BCUT2D eigenvalue weighted by atomic mass is 10.1. The van der Waals surface area contributed by atoms with Crippen LogP contribution in [0.1, 0.15) is 5.69 Å². The number of aromatic nitrogens is 1. The van der Waals surface area contributed by atoms with Crippen molar-refractivity contribution in [2.45, 2.75) is 6.92 Å². The molecule has 0 aliphatic rings. The Kier molecular flexibility index (Phi) is 1.65. The van der Waals surface area contributed by atoms with Crippen LogP contribution in [0.15, 0.2) is 24.4 Å². The highest BCUT2D eigenvalue weighted by Gasteiger charge is 2.03. The molecule has 0 radical (unpaired) electrons. The van der Waals surface area contributed by atoms with E-state index in [0.29, 0.717) is 11.1 Å². The first-order chi connectivity index (χ1) is 6.18. The second-order valence-corrected chi connectivity index (χ2v) is 3.01. The van der Waals surface area contributed by atoms with Gasteiger partial charge in [0.1, 0.15) is 5.82 Å². The van der Waals surface area contributed by atoms with E-state index in [0.717, 1.165) is 11.1 Å². The molecule has 2 aromatic rings. The highest BCUT2D eigenvalue weighted by Crippen LogP contribution is 2.23. The number of hydrogen-bond acceptors (Lipinski definition) is 2. The van der Waals surface area contributed by atoms with Crippen molar-refractivity contribution in [1.29, 1.82) is 0 Å². The predicted octanol–water partition coefficient (Wildman–Crippen LogP) is 2.26. The predicted molar refractivity (Wildman–Crippen MR) is 50.9 cm³/mol. The van der Waals surface area contributed by atoms with Gasteiger partial charge in [-0.2, -0.15) is 0 Å². The van der Waals surface area contributed by atoms with E-state index in [1.54, 1.807) is 12.1 Å². The van der Waals surface area contributed by atoms with Gasteiger partial charge >= 0.3 is 0 Å². The van der Waals surface area contributed by atoms with E-state index in [1.165, 1.54) is 12.3 Å². The summed E-state index contributed by atoms with van der Waals surface area (Å²) in [5, 5.41) is 1.21. The Morgan fingerprint density at radius 1 is 1.31 bits per heavy atom. The van der Waals surface area contributed by atoms with Crippen LogP contribution in [0, 0.1) is 12.7 Å². The van der Waals surface area contributed by atoms with E-state index < -0.39 is 0 Å². The maximum Gasteiger partial charge on any atom is 0.132 e. The fourth-order valence-corrected chi connectivity index (χ4v) is 1.33. The third-order valence-electron chi connectivity index (χ3n) is 2.02. The Bertz CT molecular complexity index is 466. The van der Waals surface area contributed by atoms with Gasteiger partial charge in [-0.15, -0.1) is 0 Å². The van der Waals surface area contributed by atoms with Crippen molar-refractivity contribution in [3.63, 3.8) is 0 Å². The fraction of sp³-hybridized carbons (Fsp3) is 0.100. The van der Waals surface area contributed by atoms with Crippen molar-refractivity contribution in [3.8, 4) is 0 Å². The van der Waals surface area contributed by atoms with Gasteiger partial charge in [-0.1, -0.05) is 0 Å². The summed E-state index contributed by atoms with van der Waals surface area (Å²) in [6.07, 6.45) is 1.51. The number of rotatable bonds is 0. The van der Waals surface area contributed by atoms with Crippen LogP contribution in [0.5, 0.6) is 0 Å². The van der Waals surface area contributed by atoms with Crippen LogP contribution in [0.4, 0.5) is 10.1 Å². The highest BCUT2D eigenvalue weighted by molar-refractivity contribution is 5.92. The summed E-state index contributed by atoms with van der Waals surface area (Å²) in [5.74, 6) is -0.281. The van der Waals surface area contributed by atoms with Gasteiger partial charge in [-0.25, -0.2) is 4.39 Å². The normalized spacial score (nSPS) is 10.6. The lowest BCUT2D eigenvalue weighted by Crippen LogP contribution is -1.91. The maximum absolute atomic E-state index is 13.2. The summed E-state index contributed by atoms with van der Waals surface area (Å²) in [4.78, 5) is 4.01. The summed E-state index contributed by atoms with van der Waals surface area (Å²) in [7, 11) is 0. The molecular formula is C10H9FN2. The van der Waals surface area contributed by atoms with Crippen LogP contribution in [0.3, 0.4) is 0 Å². The number of nitrogens with zero attached hydrogens (tertiary/aromatic N) is 1. The van der Waals surface area contributed by atoms with E-state index in [4.69, 9.17) is 5.73 Å². The Morgan fingerprint density at radius 3 is 2.85 bits per heavy atom. The Labute approximate surface area is 75.2 Å². The molecule has 3 heteroatoms. The number of nitrogens with two attached hydrogens (primary N) is 1. The molecule has 2 N–H and O–H groups in total. The van der Waals surface area contributed by atoms with Gasteiger partial charge in [0.05, 0.1) is 0 Å². The Balaban J connectivity index is 2.92. The smallest absolute Gasteiger partial charge is 0.132 e. The maximum atomic E-state index is 13.2. The number of benzene rings is 1. The van der Waals surface area contributed by atoms with Crippen molar-refractivity contribution in [2.75, 3.05) is 5.73 Å². The molecule has 0 saturated heterocycles. The standard InChI is InChI=1S/C10H9FN2/c1-6-4-7-8(5-13-6)9(11)2-3-10(7)12/h2-5H,12H2,1H3. The van der Waals surface area contributed by atoms with Crippen LogP contribution in [-0.2, 0) is 0 Å². The summed E-state index contributed by atoms with van der Waals surface area (Å²) in [6, 6.07) is 4.71. The minimum atomic E-state index is -0.281. The SMILES string of the molecule is Cc1cc2c(N)ccc(F)c2cn1. The molecule has 66 valence electrons. The molecule has 0 aliphatic heterocycles. The number of nitrogen functional groups attached to an aromatic ring is 1.